The fourth-order valence-electron chi connectivity index (χ4n) is 6.18. The Morgan fingerprint density at radius 1 is 0.306 bits per heavy atom. The Labute approximate surface area is 355 Å². The fraction of sp³-hybridized carbons (Fsp3) is 0.706. The highest BCUT2D eigenvalue weighted by molar-refractivity contribution is 5.84. The number of carboxylic acid groups (broad SMARTS) is 8. The summed E-state index contributed by atoms with van der Waals surface area (Å²) in [6.07, 6.45) is 0. The molecule has 0 unspecified atom stereocenters. The highest BCUT2D eigenvalue weighted by Gasteiger charge is 2.23. The van der Waals surface area contributed by atoms with Crippen molar-refractivity contribution in [2.45, 2.75) is 0 Å². The summed E-state index contributed by atoms with van der Waals surface area (Å²) in [6, 6.07) is 0. The number of aliphatic carboxylic acids is 8. The summed E-state index contributed by atoms with van der Waals surface area (Å²) >= 11 is 0. The van der Waals surface area contributed by atoms with E-state index in [-0.39, 0.29) is 118 Å². The highest BCUT2D eigenvalue weighted by Crippen LogP contribution is 2.03. The van der Waals surface area contributed by atoms with Gasteiger partial charge in [0.25, 0.3) is 11.8 Å². The molecule has 1 fully saturated rings. The zero-order valence-corrected chi connectivity index (χ0v) is 34.2. The van der Waals surface area contributed by atoms with Gasteiger partial charge < -0.3 is 40.9 Å². The molecule has 0 bridgehead atoms. The average molecular weight is 895 g/mol. The van der Waals surface area contributed by atoms with Crippen molar-refractivity contribution >= 4 is 59.6 Å². The minimum absolute atomic E-state index is 0.0728. The molecule has 28 heteroatoms. The monoisotopic (exact) mass is 894 g/mol. The molecule has 0 radical (unpaired) electrons. The second-order valence-corrected chi connectivity index (χ2v) is 14.3. The lowest BCUT2D eigenvalue weighted by Crippen LogP contribution is -2.52. The average Bonchev–Trinajstić information content (AvgIpc) is 3.13. The number of nitrogens with zero attached hydrogens (tertiary/aromatic N) is 8. The van der Waals surface area contributed by atoms with Crippen LogP contribution in [0.1, 0.15) is 0 Å². The van der Waals surface area contributed by atoms with Gasteiger partial charge in [0.1, 0.15) is 0 Å². The predicted octanol–water partition coefficient (Wildman–Crippen LogP) is -6.76. The number of rotatable bonds is 29. The predicted molar refractivity (Wildman–Crippen MR) is 209 cm³/mol. The molecule has 0 aromatic heterocycles. The van der Waals surface area contributed by atoms with Crippen LogP contribution in [0.15, 0.2) is 0 Å². The highest BCUT2D eigenvalue weighted by atomic mass is 16.4. The molecule has 1 saturated heterocycles. The maximum absolute atomic E-state index is 13.0. The van der Waals surface area contributed by atoms with Crippen LogP contribution >= 0.6 is 0 Å². The molecule has 1 rings (SSSR count). The summed E-state index contributed by atoms with van der Waals surface area (Å²) in [5, 5.41) is 74.7. The summed E-state index contributed by atoms with van der Waals surface area (Å²) < 4.78 is 0. The van der Waals surface area contributed by atoms with Crippen LogP contribution < -0.4 is 10.9 Å². The van der Waals surface area contributed by atoms with Crippen molar-refractivity contribution in [3.8, 4) is 0 Å². The van der Waals surface area contributed by atoms with Crippen LogP contribution in [-0.2, 0) is 47.9 Å². The van der Waals surface area contributed by atoms with Gasteiger partial charge in [0.05, 0.1) is 65.4 Å². The molecule has 2 amide bonds. The van der Waals surface area contributed by atoms with E-state index in [1.54, 1.807) is 19.6 Å². The lowest BCUT2D eigenvalue weighted by atomic mass is 10.3. The number of nitrogens with one attached hydrogen (secondary N) is 2. The summed E-state index contributed by atoms with van der Waals surface area (Å²) in [6.45, 7) is -4.64. The largest absolute Gasteiger partial charge is 0.480 e. The molecule has 1 heterocycles. The van der Waals surface area contributed by atoms with Crippen molar-refractivity contribution < 1.29 is 88.8 Å². The van der Waals surface area contributed by atoms with Crippen LogP contribution in [-0.4, -0.2) is 297 Å². The van der Waals surface area contributed by atoms with E-state index in [0.717, 1.165) is 9.80 Å². The summed E-state index contributed by atoms with van der Waals surface area (Å²) in [5.41, 5.74) is 4.41. The number of hydrogen-bond acceptors (Lipinski definition) is 18. The summed E-state index contributed by atoms with van der Waals surface area (Å²) in [7, 11) is 0. The minimum atomic E-state index is -1.34. The topological polar surface area (TPSA) is 383 Å². The van der Waals surface area contributed by atoms with Gasteiger partial charge in [-0.25, -0.2) is 0 Å². The molecule has 0 atom stereocenters. The third-order valence-electron chi connectivity index (χ3n) is 9.07. The first-order valence-electron chi connectivity index (χ1n) is 19.2. The smallest absolute Gasteiger partial charge is 0.317 e. The molecule has 0 spiro atoms. The number of carbonyl (C=O) groups excluding carboxylic acids is 2. The second-order valence-electron chi connectivity index (χ2n) is 14.3. The maximum atomic E-state index is 13.0. The van der Waals surface area contributed by atoms with E-state index < -0.39 is 98.8 Å². The number of hydrazine groups is 1. The molecule has 1 aliphatic heterocycles. The van der Waals surface area contributed by atoms with Crippen molar-refractivity contribution in [2.75, 3.05) is 157 Å². The second kappa shape index (κ2) is 29.6. The molecule has 352 valence electrons. The lowest BCUT2D eigenvalue weighted by Gasteiger charge is -2.32. The Kier molecular flexibility index (Phi) is 26.0. The zero-order chi connectivity index (χ0) is 46.8. The molecule has 0 aliphatic carbocycles. The van der Waals surface area contributed by atoms with Gasteiger partial charge >= 0.3 is 47.8 Å². The maximum Gasteiger partial charge on any atom is 0.317 e. The Bertz CT molecular complexity index is 1490. The van der Waals surface area contributed by atoms with Gasteiger partial charge in [-0.05, 0) is 0 Å². The first kappa shape index (κ1) is 54.4. The van der Waals surface area contributed by atoms with Gasteiger partial charge in [-0.1, -0.05) is 0 Å². The minimum Gasteiger partial charge on any atom is -0.480 e. The van der Waals surface area contributed by atoms with Gasteiger partial charge in [0, 0.05) is 91.6 Å². The van der Waals surface area contributed by atoms with Crippen LogP contribution in [0, 0.1) is 0 Å². The van der Waals surface area contributed by atoms with Gasteiger partial charge in [0.2, 0.25) is 0 Å². The van der Waals surface area contributed by atoms with Crippen LogP contribution in [0.4, 0.5) is 0 Å². The van der Waals surface area contributed by atoms with Gasteiger partial charge in [-0.2, -0.15) is 0 Å². The quantitative estimate of drug-likeness (QED) is 0.0312. The number of carboxylic acids is 8. The van der Waals surface area contributed by atoms with Gasteiger partial charge in [-0.3, -0.25) is 98.0 Å². The molecule has 0 saturated carbocycles. The zero-order valence-electron chi connectivity index (χ0n) is 34.2. The molecular formula is C34H58N10O18. The Morgan fingerprint density at radius 3 is 0.806 bits per heavy atom. The van der Waals surface area contributed by atoms with Crippen molar-refractivity contribution in [3.05, 3.63) is 0 Å². The van der Waals surface area contributed by atoms with Gasteiger partial charge in [0.15, 0.2) is 0 Å². The SMILES string of the molecule is O=C(O)CN1CCN(CC(=O)O)CCN(CC(=O)NNC(=O)CN(CCN(CCN(CCN(CC(=O)O)CC(=O)O)CC(=O)O)CC(=O)O)CC(=O)O)CCN(CC(=O)O)CC1. The third kappa shape index (κ3) is 28.0. The molecular weight excluding hydrogens is 836 g/mol. The van der Waals surface area contributed by atoms with E-state index in [1.165, 1.54) is 9.80 Å². The molecule has 28 nitrogen and oxygen atoms in total. The van der Waals surface area contributed by atoms with E-state index in [4.69, 9.17) is 10.2 Å². The van der Waals surface area contributed by atoms with Crippen LogP contribution in [0.3, 0.4) is 0 Å². The standard InChI is InChI=1S/C34H58N10O18/c45-25(15-37-1-3-38(17-27(47)48)5-7-40(19-29(51)52)8-6-39(4-2-37)18-28(49)50)35-36-26(46)16-43(22-32(57)58)13-11-41(20-30(53)54)9-10-42(21-31(55)56)12-14-44(23-33(59)60)24-34(61)62/h1-24H2,(H,35,45)(H,36,46)(H,47,48)(H,49,50)(H,51,52)(H,53,54)(H,55,56)(H,57,58)(H,59,60)(H,61,62). The molecule has 10 N–H and O–H groups in total. The number of amides is 2. The molecule has 0 aromatic rings. The van der Waals surface area contributed by atoms with E-state index in [1.807, 2.05) is 0 Å². The van der Waals surface area contributed by atoms with E-state index in [2.05, 4.69) is 10.9 Å². The normalized spacial score (nSPS) is 15.2. The van der Waals surface area contributed by atoms with Crippen molar-refractivity contribution in [3.63, 3.8) is 0 Å². The van der Waals surface area contributed by atoms with Crippen LogP contribution in [0.25, 0.3) is 0 Å². The number of hydrogen-bond donors (Lipinski definition) is 10. The molecule has 62 heavy (non-hydrogen) atoms. The van der Waals surface area contributed by atoms with Crippen molar-refractivity contribution in [2.24, 2.45) is 0 Å². The van der Waals surface area contributed by atoms with Crippen molar-refractivity contribution in [1.82, 2.24) is 50.1 Å². The van der Waals surface area contributed by atoms with Crippen molar-refractivity contribution in [1.29, 1.82) is 0 Å². The molecule has 1 aliphatic rings. The first-order valence-corrected chi connectivity index (χ1v) is 19.2. The molecule has 0 aromatic carbocycles. The third-order valence-corrected chi connectivity index (χ3v) is 9.07. The van der Waals surface area contributed by atoms with Gasteiger partial charge in [-0.15, -0.1) is 0 Å². The van der Waals surface area contributed by atoms with Crippen LogP contribution in [0.2, 0.25) is 0 Å². The number of carbonyl (C=O) groups is 10. The van der Waals surface area contributed by atoms with E-state index >= 15 is 0 Å². The lowest BCUT2D eigenvalue weighted by molar-refractivity contribution is -0.143. The van der Waals surface area contributed by atoms with E-state index in [0.29, 0.717) is 0 Å². The summed E-state index contributed by atoms with van der Waals surface area (Å²) in [5.74, 6) is -11.5. The summed E-state index contributed by atoms with van der Waals surface area (Å²) in [4.78, 5) is 129. The Hall–Kier alpha value is -5.62. The Balaban J connectivity index is 2.95. The Morgan fingerprint density at radius 2 is 0.532 bits per heavy atom. The van der Waals surface area contributed by atoms with Crippen LogP contribution in [0.5, 0.6) is 0 Å². The van der Waals surface area contributed by atoms with E-state index in [9.17, 15) is 78.6 Å². The first-order chi connectivity index (χ1) is 29.1. The fourth-order valence-corrected chi connectivity index (χ4v) is 6.18.